The SMILES string of the molecule is NC(N)=NCc1ccc2c(c1)OCO2.NC(N)=NCc1ccc2c(c1)OCO2.O=S(=O)(O)O. The quantitative estimate of drug-likeness (QED) is 0.186. The molecule has 14 nitrogen and oxygen atoms in total. The minimum atomic E-state index is -4.67. The molecule has 0 aliphatic carbocycles. The Labute approximate surface area is 189 Å². The van der Waals surface area contributed by atoms with E-state index in [2.05, 4.69) is 9.98 Å². The van der Waals surface area contributed by atoms with Crippen LogP contribution in [0.1, 0.15) is 11.1 Å². The molecule has 2 heterocycles. The van der Waals surface area contributed by atoms with Crippen molar-refractivity contribution in [1.82, 2.24) is 0 Å². The van der Waals surface area contributed by atoms with Crippen molar-refractivity contribution in [2.75, 3.05) is 13.6 Å². The summed E-state index contributed by atoms with van der Waals surface area (Å²) in [6.45, 7) is 1.47. The number of hydrogen-bond donors (Lipinski definition) is 6. The Morgan fingerprint density at radius 3 is 1.39 bits per heavy atom. The van der Waals surface area contributed by atoms with E-state index in [1.807, 2.05) is 36.4 Å². The van der Waals surface area contributed by atoms with Crippen molar-refractivity contribution in [3.63, 3.8) is 0 Å². The van der Waals surface area contributed by atoms with Crippen LogP contribution in [0.4, 0.5) is 0 Å². The molecule has 33 heavy (non-hydrogen) atoms. The minimum Gasteiger partial charge on any atom is -0.454 e. The summed E-state index contributed by atoms with van der Waals surface area (Å²) in [7, 11) is -4.67. The third-order valence-corrected chi connectivity index (χ3v) is 3.76. The van der Waals surface area contributed by atoms with Crippen LogP contribution in [0.25, 0.3) is 0 Å². The van der Waals surface area contributed by atoms with Crippen molar-refractivity contribution in [3.8, 4) is 23.0 Å². The van der Waals surface area contributed by atoms with Crippen molar-refractivity contribution in [1.29, 1.82) is 0 Å². The number of guanidine groups is 2. The highest BCUT2D eigenvalue weighted by atomic mass is 32.3. The summed E-state index contributed by atoms with van der Waals surface area (Å²) in [6, 6.07) is 11.2. The molecule has 10 N–H and O–H groups in total. The van der Waals surface area contributed by atoms with Crippen molar-refractivity contribution in [2.24, 2.45) is 32.9 Å². The normalized spacial score (nSPS) is 12.4. The Hall–Kier alpha value is -3.95. The maximum Gasteiger partial charge on any atom is 0.394 e. The second-order valence-corrected chi connectivity index (χ2v) is 7.20. The van der Waals surface area contributed by atoms with Gasteiger partial charge in [-0.05, 0) is 35.4 Å². The van der Waals surface area contributed by atoms with Crippen molar-refractivity contribution in [3.05, 3.63) is 47.5 Å². The van der Waals surface area contributed by atoms with Crippen molar-refractivity contribution >= 4 is 22.3 Å². The lowest BCUT2D eigenvalue weighted by atomic mass is 10.2. The monoisotopic (exact) mass is 484 g/mol. The van der Waals surface area contributed by atoms with Crippen LogP contribution < -0.4 is 41.9 Å². The van der Waals surface area contributed by atoms with E-state index in [1.165, 1.54) is 0 Å². The lowest BCUT2D eigenvalue weighted by Crippen LogP contribution is -2.22. The van der Waals surface area contributed by atoms with Gasteiger partial charge in [0.1, 0.15) is 0 Å². The summed E-state index contributed by atoms with van der Waals surface area (Å²) in [6.07, 6.45) is 0. The fourth-order valence-electron chi connectivity index (χ4n) is 2.44. The zero-order valence-electron chi connectivity index (χ0n) is 17.2. The Balaban J connectivity index is 0.000000195. The molecule has 0 saturated carbocycles. The van der Waals surface area contributed by atoms with Gasteiger partial charge in [0.15, 0.2) is 34.9 Å². The van der Waals surface area contributed by atoms with Crippen molar-refractivity contribution < 1.29 is 36.5 Å². The maximum atomic E-state index is 8.74. The molecule has 2 aliphatic rings. The Morgan fingerprint density at radius 2 is 1.06 bits per heavy atom. The zero-order chi connectivity index (χ0) is 24.4. The first kappa shape index (κ1) is 25.3. The topological polar surface area (TPSA) is 240 Å². The van der Waals surface area contributed by atoms with Gasteiger partial charge >= 0.3 is 10.4 Å². The van der Waals surface area contributed by atoms with Crippen LogP contribution in [0.2, 0.25) is 0 Å². The van der Waals surface area contributed by atoms with Gasteiger partial charge in [-0.3, -0.25) is 9.11 Å². The average Bonchev–Trinajstić information content (AvgIpc) is 3.38. The van der Waals surface area contributed by atoms with Crippen LogP contribution in [-0.2, 0) is 23.5 Å². The van der Waals surface area contributed by atoms with E-state index in [-0.39, 0.29) is 25.5 Å². The molecule has 15 heteroatoms. The molecular weight excluding hydrogens is 460 g/mol. The Kier molecular flexibility index (Phi) is 8.90. The highest BCUT2D eigenvalue weighted by Crippen LogP contribution is 2.33. The van der Waals surface area contributed by atoms with E-state index < -0.39 is 10.4 Å². The Bertz CT molecular complexity index is 1030. The number of aliphatic imine (C=N–C) groups is 2. The molecule has 0 fully saturated rings. The maximum absolute atomic E-state index is 8.74. The first-order valence-electron chi connectivity index (χ1n) is 9.09. The fourth-order valence-corrected chi connectivity index (χ4v) is 2.44. The molecular formula is C18H24N6O8S. The van der Waals surface area contributed by atoms with Crippen LogP contribution in [0, 0.1) is 0 Å². The number of nitrogens with two attached hydrogens (primary N) is 4. The highest BCUT2D eigenvalue weighted by Gasteiger charge is 2.13. The third-order valence-electron chi connectivity index (χ3n) is 3.76. The number of ether oxygens (including phenoxy) is 4. The molecule has 180 valence electrons. The van der Waals surface area contributed by atoms with Crippen LogP contribution in [-0.4, -0.2) is 43.0 Å². The van der Waals surface area contributed by atoms with E-state index in [0.29, 0.717) is 13.1 Å². The van der Waals surface area contributed by atoms with Gasteiger partial charge in [-0.15, -0.1) is 0 Å². The summed E-state index contributed by atoms with van der Waals surface area (Å²) in [5.74, 6) is 3.18. The largest absolute Gasteiger partial charge is 0.454 e. The lowest BCUT2D eigenvalue weighted by molar-refractivity contribution is 0.173. The first-order chi connectivity index (χ1) is 15.5. The number of nitrogens with zero attached hydrogens (tertiary/aromatic N) is 2. The van der Waals surface area contributed by atoms with Crippen LogP contribution >= 0.6 is 0 Å². The smallest absolute Gasteiger partial charge is 0.394 e. The van der Waals surface area contributed by atoms with Crippen molar-refractivity contribution in [2.45, 2.75) is 13.1 Å². The zero-order valence-corrected chi connectivity index (χ0v) is 18.1. The lowest BCUT2D eigenvalue weighted by Gasteiger charge is -1.99. The van der Waals surface area contributed by atoms with Gasteiger partial charge in [0.05, 0.1) is 13.1 Å². The molecule has 0 unspecified atom stereocenters. The van der Waals surface area contributed by atoms with Gasteiger partial charge in [-0.1, -0.05) is 12.1 Å². The van der Waals surface area contributed by atoms with Gasteiger partial charge in [0, 0.05) is 0 Å². The van der Waals surface area contributed by atoms with Crippen LogP contribution in [0.15, 0.2) is 46.4 Å². The molecule has 2 aliphatic heterocycles. The summed E-state index contributed by atoms with van der Waals surface area (Å²) in [5.41, 5.74) is 22.9. The molecule has 4 rings (SSSR count). The van der Waals surface area contributed by atoms with E-state index in [4.69, 9.17) is 59.4 Å². The number of fused-ring (bicyclic) bond motifs is 2. The molecule has 0 bridgehead atoms. The Morgan fingerprint density at radius 1 is 0.727 bits per heavy atom. The molecule has 2 aromatic carbocycles. The second kappa shape index (κ2) is 11.6. The van der Waals surface area contributed by atoms with E-state index >= 15 is 0 Å². The highest BCUT2D eigenvalue weighted by molar-refractivity contribution is 7.79. The van der Waals surface area contributed by atoms with E-state index in [1.54, 1.807) is 0 Å². The number of hydrogen-bond acceptors (Lipinski definition) is 8. The van der Waals surface area contributed by atoms with E-state index in [9.17, 15) is 0 Å². The summed E-state index contributed by atoms with van der Waals surface area (Å²) < 4.78 is 52.4. The summed E-state index contributed by atoms with van der Waals surface area (Å²) in [4.78, 5) is 7.79. The third kappa shape index (κ3) is 9.81. The predicted molar refractivity (Wildman–Crippen MR) is 118 cm³/mol. The first-order valence-corrected chi connectivity index (χ1v) is 10.5. The van der Waals surface area contributed by atoms with E-state index in [0.717, 1.165) is 34.1 Å². The standard InChI is InChI=1S/2C9H11N3O2.H2O4S/c2*10-9(11)12-4-6-1-2-7-8(3-6)14-5-13-7;1-5(2,3)4/h2*1-3H,4-5H2,(H4,10,11,12);(H2,1,2,3,4). The predicted octanol–water partition coefficient (Wildman–Crippen LogP) is -0.275. The van der Waals surface area contributed by atoms with Gasteiger partial charge in [-0.25, -0.2) is 9.98 Å². The summed E-state index contributed by atoms with van der Waals surface area (Å²) in [5, 5.41) is 0. The fraction of sp³-hybridized carbons (Fsp3) is 0.222. The molecule has 0 radical (unpaired) electrons. The molecule has 0 atom stereocenters. The van der Waals surface area contributed by atoms with Gasteiger partial charge in [-0.2, -0.15) is 8.42 Å². The number of rotatable bonds is 4. The second-order valence-electron chi connectivity index (χ2n) is 6.31. The molecule has 0 amide bonds. The minimum absolute atomic E-state index is 0.0858. The van der Waals surface area contributed by atoms with Gasteiger partial charge < -0.3 is 41.9 Å². The van der Waals surface area contributed by atoms with Gasteiger partial charge in [0.25, 0.3) is 0 Å². The van der Waals surface area contributed by atoms with Crippen LogP contribution in [0.3, 0.4) is 0 Å². The average molecular weight is 484 g/mol. The molecule has 0 aromatic heterocycles. The summed E-state index contributed by atoms with van der Waals surface area (Å²) >= 11 is 0. The molecule has 0 spiro atoms. The van der Waals surface area contributed by atoms with Gasteiger partial charge in [0.2, 0.25) is 13.6 Å². The van der Waals surface area contributed by atoms with Crippen LogP contribution in [0.5, 0.6) is 23.0 Å². The molecule has 2 aromatic rings. The number of benzene rings is 2. The molecule has 0 saturated heterocycles.